The number of aromatic nitrogens is 3. The number of thiophene rings is 1. The standard InChI is InChI=1S/C19H14Cl2N4S/c1-2-13-9-14-18(23-12-5-6-15(20)16(21)8-12)24-17(25-19(14)26-13)11-4-3-7-22-10-11/h3-10H,2H2,1H3,(H,23,24,25). The van der Waals surface area contributed by atoms with Crippen molar-refractivity contribution in [1.29, 1.82) is 0 Å². The topological polar surface area (TPSA) is 50.7 Å². The minimum absolute atomic E-state index is 0.494. The van der Waals surface area contributed by atoms with Crippen LogP contribution in [0.1, 0.15) is 11.8 Å². The van der Waals surface area contributed by atoms with Crippen molar-refractivity contribution in [1.82, 2.24) is 15.0 Å². The maximum atomic E-state index is 6.14. The Morgan fingerprint density at radius 2 is 1.96 bits per heavy atom. The van der Waals surface area contributed by atoms with Gasteiger partial charge in [-0.2, -0.15) is 0 Å². The van der Waals surface area contributed by atoms with Crippen LogP contribution in [0.3, 0.4) is 0 Å². The molecule has 4 rings (SSSR count). The van der Waals surface area contributed by atoms with Gasteiger partial charge in [0.25, 0.3) is 0 Å². The molecule has 0 aliphatic rings. The summed E-state index contributed by atoms with van der Waals surface area (Å²) in [5.74, 6) is 1.38. The van der Waals surface area contributed by atoms with Crippen LogP contribution < -0.4 is 5.32 Å². The van der Waals surface area contributed by atoms with Crippen LogP contribution >= 0.6 is 34.5 Å². The van der Waals surface area contributed by atoms with Crippen LogP contribution in [-0.2, 0) is 6.42 Å². The van der Waals surface area contributed by atoms with Gasteiger partial charge in [0.2, 0.25) is 0 Å². The number of halogens is 2. The van der Waals surface area contributed by atoms with Gasteiger partial charge < -0.3 is 5.32 Å². The predicted molar refractivity (Wildman–Crippen MR) is 110 cm³/mol. The minimum Gasteiger partial charge on any atom is -0.340 e. The van der Waals surface area contributed by atoms with Crippen LogP contribution in [0.15, 0.2) is 48.8 Å². The van der Waals surface area contributed by atoms with Crippen molar-refractivity contribution in [3.8, 4) is 11.4 Å². The monoisotopic (exact) mass is 400 g/mol. The summed E-state index contributed by atoms with van der Waals surface area (Å²) in [4.78, 5) is 15.8. The SMILES string of the molecule is CCc1cc2c(Nc3ccc(Cl)c(Cl)c3)nc(-c3cccnc3)nc2s1. The molecule has 3 heterocycles. The molecule has 3 aromatic heterocycles. The Bertz CT molecular complexity index is 1080. The molecule has 1 N–H and O–H groups in total. The third-order valence-electron chi connectivity index (χ3n) is 3.89. The Labute approximate surface area is 164 Å². The van der Waals surface area contributed by atoms with Crippen molar-refractivity contribution in [2.45, 2.75) is 13.3 Å². The summed E-state index contributed by atoms with van der Waals surface area (Å²) in [5.41, 5.74) is 1.69. The molecule has 4 nitrogen and oxygen atoms in total. The normalized spacial score (nSPS) is 11.0. The van der Waals surface area contributed by atoms with Crippen molar-refractivity contribution < 1.29 is 0 Å². The first kappa shape index (κ1) is 17.2. The number of benzene rings is 1. The second-order valence-corrected chi connectivity index (χ2v) is 7.61. The lowest BCUT2D eigenvalue weighted by molar-refractivity contribution is 1.19. The van der Waals surface area contributed by atoms with E-state index in [4.69, 9.17) is 33.2 Å². The van der Waals surface area contributed by atoms with E-state index < -0.39 is 0 Å². The Kier molecular flexibility index (Phi) is 4.76. The molecule has 0 amide bonds. The average Bonchev–Trinajstić information content (AvgIpc) is 3.09. The zero-order chi connectivity index (χ0) is 18.1. The Hall–Kier alpha value is -2.21. The maximum absolute atomic E-state index is 6.14. The highest BCUT2D eigenvalue weighted by Gasteiger charge is 2.13. The summed E-state index contributed by atoms with van der Waals surface area (Å²) in [5, 5.41) is 5.36. The number of anilines is 2. The molecule has 0 spiro atoms. The molecule has 26 heavy (non-hydrogen) atoms. The molecule has 0 aliphatic heterocycles. The summed E-state index contributed by atoms with van der Waals surface area (Å²) < 4.78 is 0. The average molecular weight is 401 g/mol. The molecule has 1 aromatic carbocycles. The summed E-state index contributed by atoms with van der Waals surface area (Å²) in [6.45, 7) is 2.13. The second-order valence-electron chi connectivity index (χ2n) is 5.68. The molecule has 0 unspecified atom stereocenters. The molecule has 0 fully saturated rings. The number of hydrogen-bond acceptors (Lipinski definition) is 5. The van der Waals surface area contributed by atoms with Gasteiger partial charge in [0.05, 0.1) is 15.4 Å². The second kappa shape index (κ2) is 7.19. The van der Waals surface area contributed by atoms with Crippen LogP contribution in [0.25, 0.3) is 21.6 Å². The van der Waals surface area contributed by atoms with Gasteiger partial charge in [-0.05, 0) is 42.8 Å². The molecular formula is C19H14Cl2N4S. The number of rotatable bonds is 4. The Morgan fingerprint density at radius 3 is 2.69 bits per heavy atom. The van der Waals surface area contributed by atoms with E-state index in [1.165, 1.54) is 4.88 Å². The van der Waals surface area contributed by atoms with Gasteiger partial charge in [0, 0.05) is 28.5 Å². The Morgan fingerprint density at radius 1 is 1.08 bits per heavy atom. The lowest BCUT2D eigenvalue weighted by atomic mass is 10.2. The third-order valence-corrected chi connectivity index (χ3v) is 5.81. The fourth-order valence-corrected chi connectivity index (χ4v) is 3.84. The van der Waals surface area contributed by atoms with Crippen molar-refractivity contribution in [2.75, 3.05) is 5.32 Å². The number of fused-ring (bicyclic) bond motifs is 1. The fraction of sp³-hybridized carbons (Fsp3) is 0.105. The number of aryl methyl sites for hydroxylation is 1. The molecule has 4 aromatic rings. The lowest BCUT2D eigenvalue weighted by Gasteiger charge is -2.09. The highest BCUT2D eigenvalue weighted by Crippen LogP contribution is 2.34. The first-order chi connectivity index (χ1) is 12.6. The van der Waals surface area contributed by atoms with Crippen molar-refractivity contribution in [3.05, 3.63) is 63.7 Å². The molecule has 0 atom stereocenters. The van der Waals surface area contributed by atoms with E-state index >= 15 is 0 Å². The van der Waals surface area contributed by atoms with Crippen LogP contribution in [0, 0.1) is 0 Å². The smallest absolute Gasteiger partial charge is 0.164 e. The maximum Gasteiger partial charge on any atom is 0.164 e. The Balaban J connectivity index is 1.85. The van der Waals surface area contributed by atoms with Crippen LogP contribution in [0.2, 0.25) is 10.0 Å². The first-order valence-electron chi connectivity index (χ1n) is 8.07. The van der Waals surface area contributed by atoms with E-state index in [2.05, 4.69) is 23.3 Å². The van der Waals surface area contributed by atoms with Crippen molar-refractivity contribution in [3.63, 3.8) is 0 Å². The van der Waals surface area contributed by atoms with Gasteiger partial charge in [0.1, 0.15) is 10.6 Å². The number of nitrogens with one attached hydrogen (secondary N) is 1. The van der Waals surface area contributed by atoms with E-state index in [0.717, 1.165) is 33.7 Å². The predicted octanol–water partition coefficient (Wildman–Crippen LogP) is 6.37. The molecule has 0 bridgehead atoms. The van der Waals surface area contributed by atoms with E-state index in [-0.39, 0.29) is 0 Å². The highest BCUT2D eigenvalue weighted by molar-refractivity contribution is 7.18. The summed E-state index contributed by atoms with van der Waals surface area (Å²) in [6, 6.07) is 11.4. The van der Waals surface area contributed by atoms with Gasteiger partial charge in [-0.3, -0.25) is 4.98 Å². The zero-order valence-corrected chi connectivity index (χ0v) is 16.2. The lowest BCUT2D eigenvalue weighted by Crippen LogP contribution is -1.98. The minimum atomic E-state index is 0.494. The van der Waals surface area contributed by atoms with E-state index in [9.17, 15) is 0 Å². The molecule has 0 radical (unpaired) electrons. The van der Waals surface area contributed by atoms with Crippen molar-refractivity contribution in [2.24, 2.45) is 0 Å². The van der Waals surface area contributed by atoms with E-state index in [0.29, 0.717) is 15.9 Å². The number of nitrogens with zero attached hydrogens (tertiary/aromatic N) is 3. The third kappa shape index (κ3) is 3.38. The first-order valence-corrected chi connectivity index (χ1v) is 9.64. The van der Waals surface area contributed by atoms with E-state index in [1.54, 1.807) is 35.9 Å². The van der Waals surface area contributed by atoms with Crippen LogP contribution in [0.5, 0.6) is 0 Å². The fourth-order valence-electron chi connectivity index (χ4n) is 2.58. The summed E-state index contributed by atoms with van der Waals surface area (Å²) >= 11 is 13.8. The molecular weight excluding hydrogens is 387 g/mol. The molecule has 130 valence electrons. The molecule has 0 saturated heterocycles. The quantitative estimate of drug-likeness (QED) is 0.432. The van der Waals surface area contributed by atoms with Gasteiger partial charge in [-0.25, -0.2) is 9.97 Å². The summed E-state index contributed by atoms with van der Waals surface area (Å²) in [7, 11) is 0. The van der Waals surface area contributed by atoms with Crippen LogP contribution in [-0.4, -0.2) is 15.0 Å². The van der Waals surface area contributed by atoms with Gasteiger partial charge >= 0.3 is 0 Å². The molecule has 7 heteroatoms. The molecule has 0 saturated carbocycles. The zero-order valence-electron chi connectivity index (χ0n) is 13.8. The number of pyridine rings is 1. The van der Waals surface area contributed by atoms with E-state index in [1.807, 2.05) is 18.2 Å². The van der Waals surface area contributed by atoms with Gasteiger partial charge in [-0.1, -0.05) is 30.1 Å². The summed E-state index contributed by atoms with van der Waals surface area (Å²) in [6.07, 6.45) is 4.45. The number of hydrogen-bond donors (Lipinski definition) is 1. The van der Waals surface area contributed by atoms with Gasteiger partial charge in [-0.15, -0.1) is 11.3 Å². The van der Waals surface area contributed by atoms with Gasteiger partial charge in [0.15, 0.2) is 5.82 Å². The largest absolute Gasteiger partial charge is 0.340 e. The highest BCUT2D eigenvalue weighted by atomic mass is 35.5. The van der Waals surface area contributed by atoms with Crippen LogP contribution in [0.4, 0.5) is 11.5 Å². The van der Waals surface area contributed by atoms with Crippen molar-refractivity contribution >= 4 is 56.3 Å². The molecule has 0 aliphatic carbocycles.